The van der Waals surface area contributed by atoms with E-state index in [1.165, 1.54) is 50.7 Å². The first-order chi connectivity index (χ1) is 11.1. The van der Waals surface area contributed by atoms with Crippen molar-refractivity contribution in [3.05, 3.63) is 20.3 Å². The van der Waals surface area contributed by atoms with Gasteiger partial charge >= 0.3 is 32.7 Å². The van der Waals surface area contributed by atoms with Gasteiger partial charge in [-0.3, -0.25) is 4.99 Å². The number of rotatable bonds is 5. The zero-order valence-electron chi connectivity index (χ0n) is 18.0. The molecule has 1 aliphatic carbocycles. The molecule has 1 fully saturated rings. The summed E-state index contributed by atoms with van der Waals surface area (Å²) in [5.74, 6) is 0.912. The SMILES string of the molecule is CC(C)(CC1CC[CH-]CC1)C1=NC(C)(C)C(C)(C)C1.[CH2-]CCC[CH2-].[Y+3]. The zero-order valence-corrected chi connectivity index (χ0v) is 20.8. The largest absolute Gasteiger partial charge is 3.00 e. The van der Waals surface area contributed by atoms with Gasteiger partial charge in [-0.2, -0.15) is 25.7 Å². The maximum Gasteiger partial charge on any atom is 3.00 e. The first kappa shape index (κ1) is 25.8. The van der Waals surface area contributed by atoms with Crippen LogP contribution in [0, 0.1) is 37.0 Å². The Kier molecular flexibility index (Phi) is 11.3. The van der Waals surface area contributed by atoms with Crippen molar-refractivity contribution in [2.45, 2.75) is 105 Å². The summed E-state index contributed by atoms with van der Waals surface area (Å²) >= 11 is 0. The van der Waals surface area contributed by atoms with Crippen LogP contribution in [0.5, 0.6) is 0 Å². The minimum atomic E-state index is 0. The summed E-state index contributed by atoms with van der Waals surface area (Å²) in [5.41, 5.74) is 2.16. The van der Waals surface area contributed by atoms with E-state index >= 15 is 0 Å². The molecule has 2 rings (SSSR count). The standard InChI is InChI=1S/C18H32N.C5H10.Y/c1-16(2,12-14-10-8-7-9-11-14)15-13-17(3,4)18(5,6)19-15;1-3-5-4-2;/h7,14H,8-13H2,1-6H3;1-5H2;/q-1;-2;+3. The third-order valence-electron chi connectivity index (χ3n) is 6.32. The number of nitrogens with zero attached hydrogens (tertiary/aromatic N) is 1. The summed E-state index contributed by atoms with van der Waals surface area (Å²) in [6.45, 7) is 21.4. The van der Waals surface area contributed by atoms with Crippen LogP contribution >= 0.6 is 0 Å². The number of hydrogen-bond donors (Lipinski definition) is 0. The van der Waals surface area contributed by atoms with Crippen LogP contribution < -0.4 is 0 Å². The van der Waals surface area contributed by atoms with Crippen LogP contribution in [0.3, 0.4) is 0 Å². The molecule has 0 unspecified atom stereocenters. The minimum absolute atomic E-state index is 0. The molecular weight excluding hydrogens is 379 g/mol. The molecule has 0 radical (unpaired) electrons. The van der Waals surface area contributed by atoms with Crippen molar-refractivity contribution in [2.24, 2.45) is 21.7 Å². The van der Waals surface area contributed by atoms with E-state index in [2.05, 4.69) is 61.8 Å². The van der Waals surface area contributed by atoms with Crippen LogP contribution in [0.1, 0.15) is 99.3 Å². The normalized spacial score (nSPS) is 22.5. The molecule has 0 amide bonds. The van der Waals surface area contributed by atoms with Gasteiger partial charge < -0.3 is 20.3 Å². The fourth-order valence-electron chi connectivity index (χ4n) is 3.77. The van der Waals surface area contributed by atoms with E-state index in [0.29, 0.717) is 5.41 Å². The Hall–Kier alpha value is 0.774. The van der Waals surface area contributed by atoms with Crippen molar-refractivity contribution in [2.75, 3.05) is 0 Å². The molecule has 2 aliphatic rings. The second kappa shape index (κ2) is 10.9. The van der Waals surface area contributed by atoms with Gasteiger partial charge in [-0.25, -0.2) is 0 Å². The van der Waals surface area contributed by atoms with Gasteiger partial charge in [0.1, 0.15) is 0 Å². The van der Waals surface area contributed by atoms with E-state index in [9.17, 15) is 0 Å². The quantitative estimate of drug-likeness (QED) is 0.414. The van der Waals surface area contributed by atoms with E-state index in [-0.39, 0.29) is 43.7 Å². The summed E-state index contributed by atoms with van der Waals surface area (Å²) < 4.78 is 0. The molecule has 0 atom stereocenters. The first-order valence-electron chi connectivity index (χ1n) is 10.0. The molecule has 0 N–H and O–H groups in total. The molecule has 0 aromatic rings. The molecule has 1 nitrogen and oxygen atoms in total. The maximum atomic E-state index is 5.12. The molecule has 1 saturated carbocycles. The molecule has 25 heavy (non-hydrogen) atoms. The molecule has 0 aromatic heterocycles. The maximum absolute atomic E-state index is 5.12. The van der Waals surface area contributed by atoms with Crippen molar-refractivity contribution in [3.63, 3.8) is 0 Å². The second-order valence-corrected chi connectivity index (χ2v) is 9.64. The topological polar surface area (TPSA) is 12.4 Å². The molecule has 1 heterocycles. The Morgan fingerprint density at radius 2 is 1.60 bits per heavy atom. The van der Waals surface area contributed by atoms with Gasteiger partial charge in [0.15, 0.2) is 0 Å². The zero-order chi connectivity index (χ0) is 18.4. The fourth-order valence-corrected chi connectivity index (χ4v) is 3.77. The van der Waals surface area contributed by atoms with Crippen molar-refractivity contribution in [3.8, 4) is 0 Å². The van der Waals surface area contributed by atoms with Crippen LogP contribution in [0.25, 0.3) is 0 Å². The summed E-state index contributed by atoms with van der Waals surface area (Å²) in [7, 11) is 0. The Morgan fingerprint density at radius 1 is 1.08 bits per heavy atom. The van der Waals surface area contributed by atoms with Gasteiger partial charge in [-0.15, -0.1) is 6.42 Å². The molecule has 142 valence electrons. The van der Waals surface area contributed by atoms with E-state index in [0.717, 1.165) is 18.8 Å². The second-order valence-electron chi connectivity index (χ2n) is 9.64. The first-order valence-corrected chi connectivity index (χ1v) is 10.0. The van der Waals surface area contributed by atoms with Crippen LogP contribution in [0.15, 0.2) is 4.99 Å². The summed E-state index contributed by atoms with van der Waals surface area (Å²) in [6.07, 6.45) is 13.6. The molecule has 2 heteroatoms. The smallest absolute Gasteiger partial charge is 0.343 e. The Labute approximate surface area is 184 Å². The molecular formula is C23H42NY. The van der Waals surface area contributed by atoms with Crippen molar-refractivity contribution in [1.82, 2.24) is 0 Å². The van der Waals surface area contributed by atoms with Gasteiger partial charge in [-0.1, -0.05) is 40.5 Å². The van der Waals surface area contributed by atoms with Crippen molar-refractivity contribution < 1.29 is 32.7 Å². The average molecular weight is 422 g/mol. The molecule has 0 spiro atoms. The number of unbranched alkanes of at least 4 members (excludes halogenated alkanes) is 2. The third kappa shape index (κ3) is 7.73. The summed E-state index contributed by atoms with van der Waals surface area (Å²) in [6, 6.07) is 0. The fraction of sp³-hybridized carbons (Fsp3) is 0.826. The van der Waals surface area contributed by atoms with E-state index in [1.807, 2.05) is 0 Å². The molecule has 0 saturated heterocycles. The monoisotopic (exact) mass is 421 g/mol. The molecule has 0 aromatic carbocycles. The number of hydrogen-bond acceptors (Lipinski definition) is 1. The van der Waals surface area contributed by atoms with Gasteiger partial charge in [0.25, 0.3) is 0 Å². The Bertz CT molecular complexity index is 398. The molecule has 1 aliphatic heterocycles. The van der Waals surface area contributed by atoms with Crippen molar-refractivity contribution in [1.29, 1.82) is 0 Å². The Morgan fingerprint density at radius 3 is 1.96 bits per heavy atom. The summed E-state index contributed by atoms with van der Waals surface area (Å²) in [4.78, 5) is 5.12. The van der Waals surface area contributed by atoms with E-state index in [1.54, 1.807) is 0 Å². The van der Waals surface area contributed by atoms with E-state index < -0.39 is 0 Å². The molecule has 0 bridgehead atoms. The Balaban J connectivity index is 0.000000848. The number of aliphatic imine (C=N–C) groups is 1. The van der Waals surface area contributed by atoms with Crippen molar-refractivity contribution >= 4 is 5.71 Å². The van der Waals surface area contributed by atoms with Crippen LogP contribution in [0.2, 0.25) is 0 Å². The van der Waals surface area contributed by atoms with Gasteiger partial charge in [0.05, 0.1) is 5.54 Å². The average Bonchev–Trinajstić information content (AvgIpc) is 2.70. The van der Waals surface area contributed by atoms with Gasteiger partial charge in [0, 0.05) is 11.1 Å². The van der Waals surface area contributed by atoms with Gasteiger partial charge in [-0.05, 0) is 38.0 Å². The van der Waals surface area contributed by atoms with Crippen LogP contribution in [-0.2, 0) is 32.7 Å². The van der Waals surface area contributed by atoms with Crippen LogP contribution in [-0.4, -0.2) is 11.3 Å². The predicted octanol–water partition coefficient (Wildman–Crippen LogP) is 7.27. The van der Waals surface area contributed by atoms with Crippen LogP contribution in [0.4, 0.5) is 0 Å². The minimum Gasteiger partial charge on any atom is -0.343 e. The summed E-state index contributed by atoms with van der Waals surface area (Å²) in [5, 5.41) is 0. The third-order valence-corrected chi connectivity index (χ3v) is 6.32. The predicted molar refractivity (Wildman–Crippen MR) is 109 cm³/mol. The van der Waals surface area contributed by atoms with E-state index in [4.69, 9.17) is 4.99 Å². The van der Waals surface area contributed by atoms with Gasteiger partial charge in [0.2, 0.25) is 0 Å².